The highest BCUT2D eigenvalue weighted by Crippen LogP contribution is 2.25. The molecule has 34 heavy (non-hydrogen) atoms. The van der Waals surface area contributed by atoms with Crippen LogP contribution in [0.15, 0.2) is 48.5 Å². The summed E-state index contributed by atoms with van der Waals surface area (Å²) in [6.45, 7) is 2.10. The molecule has 182 valence electrons. The number of amides is 1. The Labute approximate surface area is 203 Å². The van der Waals surface area contributed by atoms with Crippen LogP contribution in [0.25, 0.3) is 10.9 Å². The van der Waals surface area contributed by atoms with Crippen LogP contribution in [0.2, 0.25) is 5.02 Å². The monoisotopic (exact) mass is 507 g/mol. The van der Waals surface area contributed by atoms with Gasteiger partial charge in [0.25, 0.3) is 16.0 Å². The van der Waals surface area contributed by atoms with Crippen LogP contribution in [-0.2, 0) is 10.1 Å². The summed E-state index contributed by atoms with van der Waals surface area (Å²) in [7, 11) is -3.67. The lowest BCUT2D eigenvalue weighted by molar-refractivity contribution is 0.0926. The molecule has 0 atom stereocenters. The maximum Gasteiger partial charge on any atom is 0.261 e. The van der Waals surface area contributed by atoms with Crippen LogP contribution >= 0.6 is 11.6 Å². The summed E-state index contributed by atoms with van der Waals surface area (Å²) in [5, 5.41) is 7.72. The van der Waals surface area contributed by atoms with E-state index in [-0.39, 0.29) is 17.0 Å². The maximum absolute atomic E-state index is 13.3. The number of carbonyl (C=O) groups excluding carboxylic acids is 1. The lowest BCUT2D eigenvalue weighted by Crippen LogP contribution is -2.40. The number of halogens is 2. The van der Waals surface area contributed by atoms with Gasteiger partial charge in [0.05, 0.1) is 16.8 Å². The number of pyridine rings is 1. The number of anilines is 1. The molecule has 0 saturated heterocycles. The van der Waals surface area contributed by atoms with E-state index < -0.39 is 15.9 Å². The second-order valence-electron chi connectivity index (χ2n) is 8.37. The van der Waals surface area contributed by atoms with Crippen molar-refractivity contribution in [2.75, 3.05) is 11.6 Å². The molecular formula is C24H27ClFN3O4S. The summed E-state index contributed by atoms with van der Waals surface area (Å²) in [6.07, 6.45) is 4.37. The van der Waals surface area contributed by atoms with E-state index in [2.05, 4.69) is 29.7 Å². The molecule has 4 rings (SSSR count). The lowest BCUT2D eigenvalue weighted by Gasteiger charge is -2.30. The van der Waals surface area contributed by atoms with E-state index >= 15 is 0 Å². The molecule has 0 radical (unpaired) electrons. The SMILES string of the molecule is CS(=O)(=O)O.Cc1cc(N[C@H]2CC[C@@H](NC(=O)c3ccc(F)c(Cl)c3)CC2)nc2ccccc12. The molecule has 1 aliphatic carbocycles. The number of nitrogens with zero attached hydrogens (tertiary/aromatic N) is 1. The number of aryl methyl sites for hydroxylation is 1. The fourth-order valence-corrected chi connectivity index (χ4v) is 4.10. The van der Waals surface area contributed by atoms with Crippen LogP contribution in [0.1, 0.15) is 41.6 Å². The van der Waals surface area contributed by atoms with E-state index in [9.17, 15) is 17.6 Å². The van der Waals surface area contributed by atoms with Crippen LogP contribution < -0.4 is 10.6 Å². The molecule has 10 heteroatoms. The molecule has 3 aromatic rings. The van der Waals surface area contributed by atoms with Gasteiger partial charge in [-0.15, -0.1) is 0 Å². The summed E-state index contributed by atoms with van der Waals surface area (Å²) in [5.41, 5.74) is 2.58. The first-order valence-corrected chi connectivity index (χ1v) is 13.0. The second kappa shape index (κ2) is 11.1. The van der Waals surface area contributed by atoms with Crippen LogP contribution in [0.4, 0.5) is 10.2 Å². The van der Waals surface area contributed by atoms with Crippen molar-refractivity contribution in [3.63, 3.8) is 0 Å². The molecule has 0 bridgehead atoms. The van der Waals surface area contributed by atoms with Gasteiger partial charge < -0.3 is 10.6 Å². The Hall–Kier alpha value is -2.75. The van der Waals surface area contributed by atoms with Crippen molar-refractivity contribution in [3.05, 3.63) is 70.5 Å². The van der Waals surface area contributed by atoms with Gasteiger partial charge in [-0.2, -0.15) is 8.42 Å². The van der Waals surface area contributed by atoms with Gasteiger partial charge in [0.1, 0.15) is 11.6 Å². The molecule has 1 amide bonds. The van der Waals surface area contributed by atoms with Crippen molar-refractivity contribution in [3.8, 4) is 0 Å². The zero-order chi connectivity index (χ0) is 24.9. The highest BCUT2D eigenvalue weighted by Gasteiger charge is 2.23. The lowest BCUT2D eigenvalue weighted by atomic mass is 9.91. The Morgan fingerprint density at radius 3 is 2.35 bits per heavy atom. The fraction of sp³-hybridized carbons (Fsp3) is 0.333. The van der Waals surface area contributed by atoms with Gasteiger partial charge in [0.2, 0.25) is 0 Å². The van der Waals surface area contributed by atoms with Crippen molar-refractivity contribution in [1.82, 2.24) is 10.3 Å². The summed E-state index contributed by atoms with van der Waals surface area (Å²) in [5.74, 6) is 0.164. The van der Waals surface area contributed by atoms with Gasteiger partial charge in [-0.25, -0.2) is 9.37 Å². The third kappa shape index (κ3) is 7.65. The van der Waals surface area contributed by atoms with Gasteiger partial charge >= 0.3 is 0 Å². The number of hydrogen-bond acceptors (Lipinski definition) is 5. The fourth-order valence-electron chi connectivity index (χ4n) is 3.92. The highest BCUT2D eigenvalue weighted by molar-refractivity contribution is 7.85. The number of rotatable bonds is 4. The number of fused-ring (bicyclic) bond motifs is 1. The molecular weight excluding hydrogens is 481 g/mol. The predicted molar refractivity (Wildman–Crippen MR) is 132 cm³/mol. The quantitative estimate of drug-likeness (QED) is 0.429. The first kappa shape index (κ1) is 25.9. The average Bonchev–Trinajstić information content (AvgIpc) is 2.76. The number of hydrogen-bond donors (Lipinski definition) is 3. The van der Waals surface area contributed by atoms with Gasteiger partial charge in [0, 0.05) is 23.0 Å². The summed E-state index contributed by atoms with van der Waals surface area (Å²) in [6, 6.07) is 14.7. The largest absolute Gasteiger partial charge is 0.367 e. The van der Waals surface area contributed by atoms with Gasteiger partial charge in [-0.3, -0.25) is 9.35 Å². The summed E-state index contributed by atoms with van der Waals surface area (Å²) < 4.78 is 39.1. The molecule has 1 saturated carbocycles. The minimum absolute atomic E-state index is 0.0382. The Morgan fingerprint density at radius 1 is 1.09 bits per heavy atom. The van der Waals surface area contributed by atoms with E-state index in [1.165, 1.54) is 29.1 Å². The Morgan fingerprint density at radius 2 is 1.71 bits per heavy atom. The Balaban J connectivity index is 0.000000588. The smallest absolute Gasteiger partial charge is 0.261 e. The molecule has 1 heterocycles. The Kier molecular flexibility index (Phi) is 8.46. The first-order valence-electron chi connectivity index (χ1n) is 10.8. The predicted octanol–water partition coefficient (Wildman–Crippen LogP) is 4.99. The standard InChI is InChI=1S/C23H23ClFN3O.CH4O3S/c1-14-12-22(28-21-5-3-2-4-18(14)21)26-16-7-9-17(10-8-16)27-23(29)15-6-11-20(25)19(24)13-15;1-5(2,3)4/h2-6,11-13,16-17H,7-10H2,1H3,(H,26,28)(H,27,29);1H3,(H,2,3,4)/t16-,17+;. The highest BCUT2D eigenvalue weighted by atomic mass is 35.5. The van der Waals surface area contributed by atoms with Gasteiger partial charge in [-0.1, -0.05) is 29.8 Å². The number of aromatic nitrogens is 1. The molecule has 0 spiro atoms. The number of para-hydroxylation sites is 1. The summed E-state index contributed by atoms with van der Waals surface area (Å²) in [4.78, 5) is 17.1. The molecule has 0 unspecified atom stereocenters. The zero-order valence-electron chi connectivity index (χ0n) is 18.9. The third-order valence-corrected chi connectivity index (χ3v) is 5.81. The normalized spacial score (nSPS) is 18.0. The molecule has 1 fully saturated rings. The first-order chi connectivity index (χ1) is 16.0. The van der Waals surface area contributed by atoms with Crippen molar-refractivity contribution in [1.29, 1.82) is 0 Å². The van der Waals surface area contributed by atoms with E-state index in [4.69, 9.17) is 21.1 Å². The van der Waals surface area contributed by atoms with Crippen molar-refractivity contribution in [2.45, 2.75) is 44.7 Å². The van der Waals surface area contributed by atoms with Crippen molar-refractivity contribution >= 4 is 44.3 Å². The van der Waals surface area contributed by atoms with Gasteiger partial charge in [-0.05, 0) is 68.5 Å². The molecule has 2 aromatic carbocycles. The second-order valence-corrected chi connectivity index (χ2v) is 10.2. The van der Waals surface area contributed by atoms with E-state index in [0.29, 0.717) is 17.9 Å². The third-order valence-electron chi connectivity index (χ3n) is 5.52. The minimum atomic E-state index is -3.67. The maximum atomic E-state index is 13.3. The van der Waals surface area contributed by atoms with Crippen molar-refractivity contribution in [2.24, 2.45) is 0 Å². The Bertz CT molecular complexity index is 1270. The average molecular weight is 508 g/mol. The van der Waals surface area contributed by atoms with E-state index in [1.54, 1.807) is 0 Å². The molecule has 1 aliphatic rings. The minimum Gasteiger partial charge on any atom is -0.367 e. The number of benzene rings is 2. The van der Waals surface area contributed by atoms with Gasteiger partial charge in [0.15, 0.2) is 0 Å². The van der Waals surface area contributed by atoms with E-state index in [1.807, 2.05) is 18.2 Å². The number of carbonyl (C=O) groups is 1. The topological polar surface area (TPSA) is 108 Å². The molecule has 0 aliphatic heterocycles. The van der Waals surface area contributed by atoms with E-state index in [0.717, 1.165) is 37.0 Å². The van der Waals surface area contributed by atoms with Crippen LogP contribution in [-0.4, -0.2) is 42.2 Å². The molecule has 7 nitrogen and oxygen atoms in total. The summed E-state index contributed by atoms with van der Waals surface area (Å²) >= 11 is 5.78. The van der Waals surface area contributed by atoms with Crippen molar-refractivity contribution < 1.29 is 22.2 Å². The molecule has 1 aromatic heterocycles. The number of nitrogens with one attached hydrogen (secondary N) is 2. The van der Waals surface area contributed by atoms with Crippen LogP contribution in [0.5, 0.6) is 0 Å². The van der Waals surface area contributed by atoms with Crippen LogP contribution in [0, 0.1) is 12.7 Å². The molecule has 3 N–H and O–H groups in total. The van der Waals surface area contributed by atoms with Crippen LogP contribution in [0.3, 0.4) is 0 Å². The zero-order valence-corrected chi connectivity index (χ0v) is 20.5.